The predicted octanol–water partition coefficient (Wildman–Crippen LogP) is 12.1. The Labute approximate surface area is 403 Å². The van der Waals surface area contributed by atoms with Gasteiger partial charge in [-0.3, -0.25) is 0 Å². The van der Waals surface area contributed by atoms with Crippen LogP contribution in [0.2, 0.25) is 0 Å². The average molecular weight is 929 g/mol. The van der Waals surface area contributed by atoms with E-state index in [4.69, 9.17) is 37.9 Å². The van der Waals surface area contributed by atoms with Gasteiger partial charge in [0.1, 0.15) is 30.2 Å². The van der Waals surface area contributed by atoms with E-state index in [1.165, 1.54) is 0 Å². The first-order valence-electron chi connectivity index (χ1n) is 25.3. The molecule has 4 rings (SSSR count). The molecule has 3 fully saturated rings. The molecule has 10 heteroatoms. The number of aliphatic hydroxyl groups is 2. The van der Waals surface area contributed by atoms with Crippen LogP contribution in [0.15, 0.2) is 48.6 Å². The van der Waals surface area contributed by atoms with Gasteiger partial charge in [0, 0.05) is 18.4 Å². The Morgan fingerprint density at radius 3 is 1.50 bits per heavy atom. The van der Waals surface area contributed by atoms with Crippen LogP contribution in [0.25, 0.3) is 0 Å². The van der Waals surface area contributed by atoms with Crippen LogP contribution in [0.4, 0.5) is 0 Å². The molecule has 0 saturated carbocycles. The Kier molecular flexibility index (Phi) is 25.7. The van der Waals surface area contributed by atoms with Crippen LogP contribution in [0, 0.1) is 53.3 Å². The van der Waals surface area contributed by atoms with Crippen molar-refractivity contribution in [3.05, 3.63) is 54.1 Å². The lowest BCUT2D eigenvalue weighted by atomic mass is 9.92. The first-order chi connectivity index (χ1) is 30.7. The standard InChI is InChI=1S/C23H34O5.C17H32O2.C16H30O3/c1-16(2)17(3)7-12-20(24)22-21(27-23(4,5)28-22)13-14-26-15-18-8-10-19(25-6)11-9-18;1-8-9-15-16(19-17(6,7)18-15)14(5)11-10-13(4)12(2)3;1-7-8-14-15(19-16(5,6)18-14)13(17)10-9-12(4)11(2)3/h8-11,16-17,20-22,24H,13-15H2,1-6H3;10-16H,8-9H2,1-7H3;9-15,17H,7-8H2,1-6H3/b;11-10-;10-9-/t17-,20?,21+,22-;13-,14?,15+,16-;12-,13?,14+,15-/m111/s1. The van der Waals surface area contributed by atoms with Gasteiger partial charge in [0.2, 0.25) is 0 Å². The Bertz CT molecular complexity index is 1540. The van der Waals surface area contributed by atoms with E-state index in [2.05, 4.69) is 113 Å². The third-order valence-electron chi connectivity index (χ3n) is 12.8. The van der Waals surface area contributed by atoms with Crippen molar-refractivity contribution in [2.75, 3.05) is 13.7 Å². The van der Waals surface area contributed by atoms with Crippen molar-refractivity contribution in [1.82, 2.24) is 0 Å². The van der Waals surface area contributed by atoms with E-state index in [0.717, 1.165) is 37.0 Å². The highest BCUT2D eigenvalue weighted by Crippen LogP contribution is 2.36. The van der Waals surface area contributed by atoms with Crippen molar-refractivity contribution in [2.24, 2.45) is 41.4 Å². The first-order valence-corrected chi connectivity index (χ1v) is 25.3. The van der Waals surface area contributed by atoms with Gasteiger partial charge in [-0.05, 0) is 108 Å². The number of ether oxygens (including phenoxy) is 8. The molecule has 0 amide bonds. The van der Waals surface area contributed by atoms with E-state index in [1.807, 2.05) is 71.9 Å². The number of rotatable bonds is 20. The van der Waals surface area contributed by atoms with Gasteiger partial charge in [-0.1, -0.05) is 144 Å². The molecule has 380 valence electrons. The quantitative estimate of drug-likeness (QED) is 0.0744. The van der Waals surface area contributed by atoms with E-state index < -0.39 is 35.7 Å². The van der Waals surface area contributed by atoms with Crippen LogP contribution in [0.1, 0.15) is 162 Å². The summed E-state index contributed by atoms with van der Waals surface area (Å²) in [6.07, 6.45) is 11.3. The zero-order chi connectivity index (χ0) is 50.0. The van der Waals surface area contributed by atoms with Crippen LogP contribution in [0.5, 0.6) is 5.75 Å². The molecular weight excluding hydrogens is 833 g/mol. The van der Waals surface area contributed by atoms with Crippen LogP contribution >= 0.6 is 0 Å². The summed E-state index contributed by atoms with van der Waals surface area (Å²) in [5, 5.41) is 20.9. The summed E-state index contributed by atoms with van der Waals surface area (Å²) in [5.74, 6) is 8.53. The van der Waals surface area contributed by atoms with Crippen molar-refractivity contribution in [3.8, 4) is 17.6 Å². The largest absolute Gasteiger partial charge is 0.497 e. The topological polar surface area (TPSA) is 114 Å². The van der Waals surface area contributed by atoms with Crippen LogP contribution in [0.3, 0.4) is 0 Å². The van der Waals surface area contributed by atoms with E-state index >= 15 is 0 Å². The van der Waals surface area contributed by atoms with Gasteiger partial charge >= 0.3 is 0 Å². The SMILES string of the molecule is CCC[C@@H]1OC(C)(C)O[C@@H]1C(C)/C=C\[C@@H](C)C(C)C.CCC[C@@H]1OC(C)(C)O[C@@H]1C(O)/C=C\[C@@H](C)C(C)C.COc1ccc(COCC[C@@H]2OC(C)(C)O[C@@H]2C(O)C#C[C@@H](C)C(C)C)cc1. The third kappa shape index (κ3) is 21.1. The number of hydrogen-bond acceptors (Lipinski definition) is 10. The molecule has 0 aromatic heterocycles. The summed E-state index contributed by atoms with van der Waals surface area (Å²) in [4.78, 5) is 0. The lowest BCUT2D eigenvalue weighted by Gasteiger charge is -2.21. The molecule has 3 aliphatic rings. The summed E-state index contributed by atoms with van der Waals surface area (Å²) in [7, 11) is 1.65. The zero-order valence-electron chi connectivity index (χ0n) is 44.9. The summed E-state index contributed by atoms with van der Waals surface area (Å²) in [6.45, 7) is 38.8. The highest BCUT2D eigenvalue weighted by atomic mass is 16.8. The van der Waals surface area contributed by atoms with E-state index in [1.54, 1.807) is 7.11 Å². The minimum Gasteiger partial charge on any atom is -0.497 e. The second-order valence-corrected chi connectivity index (χ2v) is 21.3. The van der Waals surface area contributed by atoms with E-state index in [9.17, 15) is 10.2 Å². The van der Waals surface area contributed by atoms with Gasteiger partial charge in [0.05, 0.1) is 38.1 Å². The minimum atomic E-state index is -0.880. The van der Waals surface area contributed by atoms with E-state index in [0.29, 0.717) is 55.1 Å². The molecule has 0 aliphatic carbocycles. The predicted molar refractivity (Wildman–Crippen MR) is 268 cm³/mol. The number of benzene rings is 1. The molecule has 3 heterocycles. The van der Waals surface area contributed by atoms with Crippen molar-refractivity contribution >= 4 is 0 Å². The third-order valence-corrected chi connectivity index (χ3v) is 12.8. The molecule has 0 spiro atoms. The lowest BCUT2D eigenvalue weighted by molar-refractivity contribution is -0.153. The van der Waals surface area contributed by atoms with E-state index in [-0.39, 0.29) is 36.4 Å². The fourth-order valence-corrected chi connectivity index (χ4v) is 7.71. The molecule has 12 atom stereocenters. The van der Waals surface area contributed by atoms with Crippen molar-refractivity contribution in [1.29, 1.82) is 0 Å². The lowest BCUT2D eigenvalue weighted by Crippen LogP contribution is -2.35. The van der Waals surface area contributed by atoms with Crippen molar-refractivity contribution in [3.63, 3.8) is 0 Å². The zero-order valence-corrected chi connectivity index (χ0v) is 44.9. The van der Waals surface area contributed by atoms with Crippen LogP contribution in [-0.4, -0.2) is 90.1 Å². The Balaban J connectivity index is 0.000000351. The fourth-order valence-electron chi connectivity index (χ4n) is 7.71. The van der Waals surface area contributed by atoms with Crippen LogP contribution in [-0.2, 0) is 39.8 Å². The number of methoxy groups -OCH3 is 1. The summed E-state index contributed by atoms with van der Waals surface area (Å²) >= 11 is 0. The Morgan fingerprint density at radius 2 is 1.03 bits per heavy atom. The molecule has 10 nitrogen and oxygen atoms in total. The van der Waals surface area contributed by atoms with Gasteiger partial charge in [-0.15, -0.1) is 0 Å². The smallest absolute Gasteiger partial charge is 0.163 e. The molecule has 2 N–H and O–H groups in total. The van der Waals surface area contributed by atoms with Gasteiger partial charge in [-0.25, -0.2) is 0 Å². The highest BCUT2D eigenvalue weighted by Gasteiger charge is 2.45. The maximum absolute atomic E-state index is 10.5. The second-order valence-electron chi connectivity index (χ2n) is 21.3. The number of hydrogen-bond donors (Lipinski definition) is 2. The van der Waals surface area contributed by atoms with Crippen LogP contribution < -0.4 is 4.74 Å². The Hall–Kier alpha value is -2.30. The molecule has 0 radical (unpaired) electrons. The highest BCUT2D eigenvalue weighted by molar-refractivity contribution is 5.26. The fraction of sp³-hybridized carbons (Fsp3) is 0.786. The van der Waals surface area contributed by atoms with Gasteiger partial charge < -0.3 is 48.1 Å². The summed E-state index contributed by atoms with van der Waals surface area (Å²) in [6, 6.07) is 7.79. The second kappa shape index (κ2) is 28.4. The van der Waals surface area contributed by atoms with Crippen molar-refractivity contribution < 1.29 is 48.1 Å². The van der Waals surface area contributed by atoms with Gasteiger partial charge in [0.15, 0.2) is 17.4 Å². The monoisotopic (exact) mass is 929 g/mol. The maximum atomic E-state index is 10.5. The van der Waals surface area contributed by atoms with Crippen molar-refractivity contribution in [2.45, 2.75) is 230 Å². The molecule has 66 heavy (non-hydrogen) atoms. The Morgan fingerprint density at radius 1 is 0.576 bits per heavy atom. The van der Waals surface area contributed by atoms with Gasteiger partial charge in [-0.2, -0.15) is 0 Å². The maximum Gasteiger partial charge on any atom is 0.163 e. The summed E-state index contributed by atoms with van der Waals surface area (Å²) in [5.41, 5.74) is 1.08. The molecular formula is C56H96O10. The molecule has 1 aromatic carbocycles. The molecule has 0 bridgehead atoms. The first kappa shape index (κ1) is 59.8. The molecule has 3 saturated heterocycles. The summed E-state index contributed by atoms with van der Waals surface area (Å²) < 4.78 is 46.7. The normalized spacial score (nSPS) is 27.2. The number of allylic oxidation sites excluding steroid dienone is 2. The minimum absolute atomic E-state index is 0.0194. The molecule has 3 unspecified atom stereocenters. The molecule has 1 aromatic rings. The van der Waals surface area contributed by atoms with Gasteiger partial charge in [0.25, 0.3) is 0 Å². The molecule has 3 aliphatic heterocycles. The average Bonchev–Trinajstić information content (AvgIpc) is 3.86. The number of aliphatic hydroxyl groups excluding tert-OH is 2.